The van der Waals surface area contributed by atoms with E-state index >= 15 is 0 Å². The SMILES string of the molecule is C=CC(OC)[C@@H](O)[C@H](C)/C=C(/C)COCC(C)C. The summed E-state index contributed by atoms with van der Waals surface area (Å²) in [5.74, 6) is 0.551. The molecule has 0 bridgehead atoms. The topological polar surface area (TPSA) is 38.7 Å². The number of hydrogen-bond donors (Lipinski definition) is 1. The molecular formula is C15H28O3. The summed E-state index contributed by atoms with van der Waals surface area (Å²) in [6, 6.07) is 0. The normalized spacial score (nSPS) is 17.6. The van der Waals surface area contributed by atoms with Crippen LogP contribution in [-0.4, -0.2) is 37.6 Å². The zero-order valence-corrected chi connectivity index (χ0v) is 12.3. The number of aliphatic hydroxyl groups excluding tert-OH is 1. The van der Waals surface area contributed by atoms with Crippen molar-refractivity contribution in [1.82, 2.24) is 0 Å². The molecule has 0 spiro atoms. The average Bonchev–Trinajstić information content (AvgIpc) is 2.29. The fraction of sp³-hybridized carbons (Fsp3) is 0.733. The summed E-state index contributed by atoms with van der Waals surface area (Å²) in [5.41, 5.74) is 1.13. The summed E-state index contributed by atoms with van der Waals surface area (Å²) in [7, 11) is 1.57. The van der Waals surface area contributed by atoms with E-state index in [0.29, 0.717) is 12.5 Å². The number of aliphatic hydroxyl groups is 1. The highest BCUT2D eigenvalue weighted by Gasteiger charge is 2.20. The van der Waals surface area contributed by atoms with E-state index in [4.69, 9.17) is 9.47 Å². The Morgan fingerprint density at radius 1 is 1.33 bits per heavy atom. The maximum atomic E-state index is 10.1. The van der Waals surface area contributed by atoms with Crippen molar-refractivity contribution in [1.29, 1.82) is 0 Å². The lowest BCUT2D eigenvalue weighted by Gasteiger charge is -2.22. The minimum Gasteiger partial charge on any atom is -0.389 e. The monoisotopic (exact) mass is 256 g/mol. The van der Waals surface area contributed by atoms with Gasteiger partial charge in [0.1, 0.15) is 6.10 Å². The first-order valence-corrected chi connectivity index (χ1v) is 6.50. The molecule has 0 aromatic carbocycles. The van der Waals surface area contributed by atoms with Crippen LogP contribution in [0.1, 0.15) is 27.7 Å². The van der Waals surface area contributed by atoms with Gasteiger partial charge in [0.15, 0.2) is 0 Å². The molecule has 3 atom stereocenters. The Labute approximate surface area is 111 Å². The number of rotatable bonds is 9. The van der Waals surface area contributed by atoms with Gasteiger partial charge in [-0.15, -0.1) is 6.58 Å². The van der Waals surface area contributed by atoms with Crippen LogP contribution in [-0.2, 0) is 9.47 Å². The molecule has 0 rings (SSSR count). The first-order chi connectivity index (χ1) is 8.42. The third-order valence-corrected chi connectivity index (χ3v) is 2.71. The lowest BCUT2D eigenvalue weighted by molar-refractivity contribution is -0.00171. The standard InChI is InChI=1S/C15H28O3/c1-7-14(17-6)15(16)13(5)8-12(4)10-18-9-11(2)3/h7-8,11,13-16H,1,9-10H2,2-6H3/b12-8-/t13-,14?,15+/m1/s1. The maximum absolute atomic E-state index is 10.1. The van der Waals surface area contributed by atoms with E-state index in [0.717, 1.165) is 12.2 Å². The smallest absolute Gasteiger partial charge is 0.101 e. The molecule has 0 amide bonds. The van der Waals surface area contributed by atoms with Gasteiger partial charge in [-0.25, -0.2) is 0 Å². The van der Waals surface area contributed by atoms with Crippen LogP contribution in [0.3, 0.4) is 0 Å². The fourth-order valence-corrected chi connectivity index (χ4v) is 1.73. The molecule has 3 heteroatoms. The molecule has 106 valence electrons. The van der Waals surface area contributed by atoms with E-state index in [1.165, 1.54) is 0 Å². The molecular weight excluding hydrogens is 228 g/mol. The van der Waals surface area contributed by atoms with Crippen LogP contribution in [0.5, 0.6) is 0 Å². The van der Waals surface area contributed by atoms with E-state index in [1.807, 2.05) is 19.9 Å². The molecule has 1 N–H and O–H groups in total. The predicted octanol–water partition coefficient (Wildman–Crippen LogP) is 2.80. The zero-order valence-electron chi connectivity index (χ0n) is 12.3. The summed E-state index contributed by atoms with van der Waals surface area (Å²) < 4.78 is 10.7. The molecule has 18 heavy (non-hydrogen) atoms. The Hall–Kier alpha value is -0.640. The molecule has 1 unspecified atom stereocenters. The van der Waals surface area contributed by atoms with Gasteiger partial charge < -0.3 is 14.6 Å². The maximum Gasteiger partial charge on any atom is 0.101 e. The second kappa shape index (κ2) is 9.31. The predicted molar refractivity (Wildman–Crippen MR) is 75.6 cm³/mol. The second-order valence-electron chi connectivity index (χ2n) is 5.21. The molecule has 0 aromatic rings. The third kappa shape index (κ3) is 6.94. The Kier molecular flexibility index (Phi) is 8.98. The second-order valence-corrected chi connectivity index (χ2v) is 5.21. The van der Waals surface area contributed by atoms with Gasteiger partial charge in [-0.05, 0) is 12.8 Å². The molecule has 0 saturated heterocycles. The molecule has 3 nitrogen and oxygen atoms in total. The minimum atomic E-state index is -0.576. The summed E-state index contributed by atoms with van der Waals surface area (Å²) in [6.45, 7) is 13.2. The number of hydrogen-bond acceptors (Lipinski definition) is 3. The molecule has 0 aliphatic rings. The van der Waals surface area contributed by atoms with Crippen molar-refractivity contribution < 1.29 is 14.6 Å². The minimum absolute atomic E-state index is 0.00981. The van der Waals surface area contributed by atoms with Gasteiger partial charge in [-0.1, -0.05) is 38.5 Å². The van der Waals surface area contributed by atoms with Crippen LogP contribution < -0.4 is 0 Å². The Morgan fingerprint density at radius 3 is 2.39 bits per heavy atom. The molecule has 0 aliphatic heterocycles. The number of methoxy groups -OCH3 is 1. The fourth-order valence-electron chi connectivity index (χ4n) is 1.73. The molecule has 0 aromatic heterocycles. The van der Waals surface area contributed by atoms with Gasteiger partial charge in [-0.2, -0.15) is 0 Å². The zero-order chi connectivity index (χ0) is 14.1. The van der Waals surface area contributed by atoms with Crippen LogP contribution in [0.25, 0.3) is 0 Å². The van der Waals surface area contributed by atoms with Crippen LogP contribution in [0.15, 0.2) is 24.3 Å². The van der Waals surface area contributed by atoms with Gasteiger partial charge in [-0.3, -0.25) is 0 Å². The van der Waals surface area contributed by atoms with E-state index in [-0.39, 0.29) is 12.0 Å². The lowest BCUT2D eigenvalue weighted by atomic mass is 9.97. The molecule has 0 saturated carbocycles. The summed E-state index contributed by atoms with van der Waals surface area (Å²) >= 11 is 0. The van der Waals surface area contributed by atoms with Crippen LogP contribution in [0.4, 0.5) is 0 Å². The van der Waals surface area contributed by atoms with Gasteiger partial charge >= 0.3 is 0 Å². The van der Waals surface area contributed by atoms with Crippen molar-refractivity contribution in [2.24, 2.45) is 11.8 Å². The van der Waals surface area contributed by atoms with Crippen molar-refractivity contribution in [3.05, 3.63) is 24.3 Å². The van der Waals surface area contributed by atoms with Crippen LogP contribution >= 0.6 is 0 Å². The van der Waals surface area contributed by atoms with E-state index in [1.54, 1.807) is 13.2 Å². The largest absolute Gasteiger partial charge is 0.389 e. The molecule has 0 radical (unpaired) electrons. The van der Waals surface area contributed by atoms with E-state index < -0.39 is 6.10 Å². The highest BCUT2D eigenvalue weighted by Crippen LogP contribution is 2.14. The molecule has 0 aliphatic carbocycles. The van der Waals surface area contributed by atoms with Crippen molar-refractivity contribution >= 4 is 0 Å². The molecule has 0 heterocycles. The van der Waals surface area contributed by atoms with Crippen molar-refractivity contribution in [3.8, 4) is 0 Å². The lowest BCUT2D eigenvalue weighted by Crippen LogP contribution is -2.31. The molecule has 0 fully saturated rings. The van der Waals surface area contributed by atoms with Gasteiger partial charge in [0.25, 0.3) is 0 Å². The summed E-state index contributed by atoms with van der Waals surface area (Å²) in [5, 5.41) is 10.1. The summed E-state index contributed by atoms with van der Waals surface area (Å²) in [4.78, 5) is 0. The summed E-state index contributed by atoms with van der Waals surface area (Å²) in [6.07, 6.45) is 2.74. The first-order valence-electron chi connectivity index (χ1n) is 6.50. The van der Waals surface area contributed by atoms with Gasteiger partial charge in [0.2, 0.25) is 0 Å². The van der Waals surface area contributed by atoms with Gasteiger partial charge in [0, 0.05) is 19.6 Å². The Morgan fingerprint density at radius 2 is 1.94 bits per heavy atom. The van der Waals surface area contributed by atoms with Crippen molar-refractivity contribution in [2.45, 2.75) is 39.9 Å². The van der Waals surface area contributed by atoms with E-state index in [2.05, 4.69) is 20.4 Å². The Bertz CT molecular complexity index is 258. The van der Waals surface area contributed by atoms with Gasteiger partial charge in [0.05, 0.1) is 12.7 Å². The third-order valence-electron chi connectivity index (χ3n) is 2.71. The Balaban J connectivity index is 4.24. The first kappa shape index (κ1) is 17.4. The highest BCUT2D eigenvalue weighted by molar-refractivity contribution is 5.04. The van der Waals surface area contributed by atoms with E-state index in [9.17, 15) is 5.11 Å². The van der Waals surface area contributed by atoms with Crippen molar-refractivity contribution in [3.63, 3.8) is 0 Å². The quantitative estimate of drug-likeness (QED) is 0.645. The average molecular weight is 256 g/mol. The van der Waals surface area contributed by atoms with Crippen LogP contribution in [0, 0.1) is 11.8 Å². The number of ether oxygens (including phenoxy) is 2. The van der Waals surface area contributed by atoms with Crippen LogP contribution in [0.2, 0.25) is 0 Å². The highest BCUT2D eigenvalue weighted by atomic mass is 16.5. The van der Waals surface area contributed by atoms with Crippen molar-refractivity contribution in [2.75, 3.05) is 20.3 Å².